The lowest BCUT2D eigenvalue weighted by Gasteiger charge is -2.08. The van der Waals surface area contributed by atoms with Crippen LogP contribution in [-0.4, -0.2) is 0 Å². The molecule has 7 heteroatoms. The maximum Gasteiger partial charge on any atom is 0.416 e. The number of benzene rings is 1. The zero-order chi connectivity index (χ0) is 14.2. The molecular weight excluding hydrogens is 280 g/mol. The number of hydrogen-bond acceptors (Lipinski definition) is 3. The first-order chi connectivity index (χ1) is 8.82. The fraction of sp³-hybridized carbons (Fsp3) is 0.0833. The van der Waals surface area contributed by atoms with Crippen molar-refractivity contribution in [3.05, 3.63) is 40.5 Å². The van der Waals surface area contributed by atoms with Crippen LogP contribution in [-0.2, 0) is 6.18 Å². The van der Waals surface area contributed by atoms with Crippen LogP contribution >= 0.6 is 11.3 Å². The van der Waals surface area contributed by atoms with E-state index in [1.54, 1.807) is 6.07 Å². The van der Waals surface area contributed by atoms with Crippen molar-refractivity contribution in [1.29, 1.82) is 5.26 Å². The summed E-state index contributed by atoms with van der Waals surface area (Å²) in [7, 11) is 0. The van der Waals surface area contributed by atoms with Crippen molar-refractivity contribution in [3.63, 3.8) is 0 Å². The second kappa shape index (κ2) is 4.55. The number of nitrogens with zero attached hydrogens (tertiary/aromatic N) is 1. The van der Waals surface area contributed by atoms with Gasteiger partial charge in [-0.25, -0.2) is 4.39 Å². The molecule has 0 saturated heterocycles. The van der Waals surface area contributed by atoms with Gasteiger partial charge in [0.25, 0.3) is 0 Å². The van der Waals surface area contributed by atoms with Crippen molar-refractivity contribution in [2.45, 2.75) is 6.18 Å². The SMILES string of the molecule is N#Cc1sc(-c2cc(C(F)(F)F)ccc2F)cc1N. The third kappa shape index (κ3) is 2.53. The highest BCUT2D eigenvalue weighted by Gasteiger charge is 2.31. The number of nitriles is 1. The van der Waals surface area contributed by atoms with Gasteiger partial charge in [0, 0.05) is 10.4 Å². The molecular formula is C12H6F4N2S. The lowest BCUT2D eigenvalue weighted by molar-refractivity contribution is -0.137. The number of anilines is 1. The minimum Gasteiger partial charge on any atom is -0.397 e. The molecule has 0 spiro atoms. The Balaban J connectivity index is 2.58. The molecule has 98 valence electrons. The second-order valence-corrected chi connectivity index (χ2v) is 4.75. The molecule has 1 aromatic carbocycles. The van der Waals surface area contributed by atoms with E-state index in [0.717, 1.165) is 17.4 Å². The van der Waals surface area contributed by atoms with Gasteiger partial charge in [0.1, 0.15) is 16.8 Å². The van der Waals surface area contributed by atoms with E-state index in [1.807, 2.05) is 0 Å². The maximum atomic E-state index is 13.6. The fourth-order valence-electron chi connectivity index (χ4n) is 1.52. The summed E-state index contributed by atoms with van der Waals surface area (Å²) in [5.41, 5.74) is 4.47. The smallest absolute Gasteiger partial charge is 0.397 e. The predicted octanol–water partition coefficient (Wildman–Crippen LogP) is 4.03. The van der Waals surface area contributed by atoms with Crippen LogP contribution in [0, 0.1) is 17.1 Å². The molecule has 2 rings (SSSR count). The Morgan fingerprint density at radius 3 is 2.42 bits per heavy atom. The van der Waals surface area contributed by atoms with Gasteiger partial charge in [-0.1, -0.05) is 0 Å². The molecule has 19 heavy (non-hydrogen) atoms. The molecule has 2 nitrogen and oxygen atoms in total. The van der Waals surface area contributed by atoms with Crippen LogP contribution in [0.25, 0.3) is 10.4 Å². The van der Waals surface area contributed by atoms with Gasteiger partial charge < -0.3 is 5.73 Å². The summed E-state index contributed by atoms with van der Waals surface area (Å²) in [5.74, 6) is -0.793. The lowest BCUT2D eigenvalue weighted by Crippen LogP contribution is -2.05. The molecule has 0 unspecified atom stereocenters. The van der Waals surface area contributed by atoms with Gasteiger partial charge >= 0.3 is 6.18 Å². The van der Waals surface area contributed by atoms with Gasteiger partial charge in [0.05, 0.1) is 11.3 Å². The Morgan fingerprint density at radius 1 is 1.21 bits per heavy atom. The summed E-state index contributed by atoms with van der Waals surface area (Å²) >= 11 is 0.853. The van der Waals surface area contributed by atoms with Gasteiger partial charge in [-0.3, -0.25) is 0 Å². The summed E-state index contributed by atoms with van der Waals surface area (Å²) in [6.45, 7) is 0. The number of nitrogen functional groups attached to an aromatic ring is 1. The molecule has 0 amide bonds. The maximum absolute atomic E-state index is 13.6. The zero-order valence-corrected chi connectivity index (χ0v) is 10.1. The first-order valence-corrected chi connectivity index (χ1v) is 5.81. The van der Waals surface area contributed by atoms with E-state index >= 15 is 0 Å². The highest BCUT2D eigenvalue weighted by atomic mass is 32.1. The number of hydrogen-bond donors (Lipinski definition) is 1. The van der Waals surface area contributed by atoms with Crippen molar-refractivity contribution in [2.75, 3.05) is 5.73 Å². The number of alkyl halides is 3. The number of rotatable bonds is 1. The van der Waals surface area contributed by atoms with Crippen molar-refractivity contribution < 1.29 is 17.6 Å². The van der Waals surface area contributed by atoms with Crippen LogP contribution in [0.2, 0.25) is 0 Å². The van der Waals surface area contributed by atoms with Crippen LogP contribution in [0.3, 0.4) is 0 Å². The van der Waals surface area contributed by atoms with E-state index in [1.165, 1.54) is 6.07 Å². The van der Waals surface area contributed by atoms with E-state index in [2.05, 4.69) is 0 Å². The number of thiophene rings is 1. The van der Waals surface area contributed by atoms with Crippen molar-refractivity contribution in [2.24, 2.45) is 0 Å². The molecule has 0 fully saturated rings. The van der Waals surface area contributed by atoms with Gasteiger partial charge in [-0.2, -0.15) is 18.4 Å². The summed E-state index contributed by atoms with van der Waals surface area (Å²) in [5, 5.41) is 8.74. The third-order valence-electron chi connectivity index (χ3n) is 2.42. The molecule has 1 heterocycles. The number of halogens is 4. The van der Waals surface area contributed by atoms with E-state index in [-0.39, 0.29) is 21.0 Å². The molecule has 0 aliphatic heterocycles. The van der Waals surface area contributed by atoms with Gasteiger partial charge in [0.15, 0.2) is 0 Å². The van der Waals surface area contributed by atoms with Crippen molar-refractivity contribution in [3.8, 4) is 16.5 Å². The Morgan fingerprint density at radius 2 is 1.89 bits per heavy atom. The van der Waals surface area contributed by atoms with Crippen LogP contribution in [0.4, 0.5) is 23.2 Å². The fourth-order valence-corrected chi connectivity index (χ4v) is 2.41. The lowest BCUT2D eigenvalue weighted by atomic mass is 10.1. The molecule has 0 saturated carbocycles. The van der Waals surface area contributed by atoms with E-state index in [9.17, 15) is 17.6 Å². The molecule has 1 aromatic heterocycles. The van der Waals surface area contributed by atoms with Crippen LogP contribution in [0.1, 0.15) is 10.4 Å². The predicted molar refractivity (Wildman–Crippen MR) is 63.8 cm³/mol. The molecule has 0 aliphatic rings. The molecule has 0 bridgehead atoms. The Bertz CT molecular complexity index is 667. The van der Waals surface area contributed by atoms with Crippen LogP contribution in [0.15, 0.2) is 24.3 Å². The molecule has 0 radical (unpaired) electrons. The summed E-state index contributed by atoms with van der Waals surface area (Å²) in [6, 6.07) is 5.22. The standard InChI is InChI=1S/C12H6F4N2S/c13-8-2-1-6(12(14,15)16)3-7(8)10-4-9(18)11(5-17)19-10/h1-4H,18H2. The first-order valence-electron chi connectivity index (χ1n) is 4.99. The van der Waals surface area contributed by atoms with E-state index in [4.69, 9.17) is 11.0 Å². The van der Waals surface area contributed by atoms with Crippen molar-refractivity contribution >= 4 is 17.0 Å². The minimum absolute atomic E-state index is 0.124. The van der Waals surface area contributed by atoms with E-state index in [0.29, 0.717) is 12.1 Å². The average Bonchev–Trinajstić information content (AvgIpc) is 2.69. The van der Waals surface area contributed by atoms with Crippen LogP contribution < -0.4 is 5.73 Å². The third-order valence-corrected chi connectivity index (χ3v) is 3.51. The second-order valence-electron chi connectivity index (χ2n) is 3.70. The Kier molecular flexibility index (Phi) is 3.20. The molecule has 0 aliphatic carbocycles. The summed E-state index contributed by atoms with van der Waals surface area (Å²) in [6.07, 6.45) is -4.55. The number of nitrogens with two attached hydrogens (primary N) is 1. The van der Waals surface area contributed by atoms with Gasteiger partial charge in [-0.05, 0) is 24.3 Å². The zero-order valence-electron chi connectivity index (χ0n) is 9.25. The summed E-state index contributed by atoms with van der Waals surface area (Å²) < 4.78 is 51.3. The topological polar surface area (TPSA) is 49.8 Å². The monoisotopic (exact) mass is 286 g/mol. The van der Waals surface area contributed by atoms with E-state index < -0.39 is 17.6 Å². The molecule has 2 aromatic rings. The molecule has 0 atom stereocenters. The molecule has 2 N–H and O–H groups in total. The van der Waals surface area contributed by atoms with Gasteiger partial charge in [0.2, 0.25) is 0 Å². The quantitative estimate of drug-likeness (QED) is 0.805. The van der Waals surface area contributed by atoms with Crippen LogP contribution in [0.5, 0.6) is 0 Å². The Hall–Kier alpha value is -2.07. The minimum atomic E-state index is -4.55. The highest BCUT2D eigenvalue weighted by Crippen LogP contribution is 2.37. The van der Waals surface area contributed by atoms with Gasteiger partial charge in [-0.15, -0.1) is 11.3 Å². The largest absolute Gasteiger partial charge is 0.416 e. The Labute approximate surface area is 109 Å². The first kappa shape index (κ1) is 13.4. The highest BCUT2D eigenvalue weighted by molar-refractivity contribution is 7.16. The average molecular weight is 286 g/mol. The normalized spacial score (nSPS) is 11.3. The summed E-state index contributed by atoms with van der Waals surface area (Å²) in [4.78, 5) is 0.337. The van der Waals surface area contributed by atoms with Crippen molar-refractivity contribution in [1.82, 2.24) is 0 Å².